The normalized spacial score (nSPS) is 22.9. The standard InChI is InChI=1S/C15H25ClN4/c1-11-4-5-12(8-14(11)16)15(18-17)9-13-10-19(2)6-7-20(13)3/h4-5,8,13,15,18H,6-7,9-10,17H2,1-3H3. The first-order valence-corrected chi connectivity index (χ1v) is 7.50. The molecule has 0 saturated carbocycles. The number of likely N-dealkylation sites (N-methyl/N-ethyl adjacent to an activating group) is 2. The van der Waals surface area contributed by atoms with Gasteiger partial charge in [-0.1, -0.05) is 23.7 Å². The summed E-state index contributed by atoms with van der Waals surface area (Å²) in [5.74, 6) is 5.76. The SMILES string of the molecule is Cc1ccc(C(CC2CN(C)CCN2C)NN)cc1Cl. The summed E-state index contributed by atoms with van der Waals surface area (Å²) in [5.41, 5.74) is 5.20. The smallest absolute Gasteiger partial charge is 0.0475 e. The Labute approximate surface area is 126 Å². The van der Waals surface area contributed by atoms with E-state index in [4.69, 9.17) is 17.4 Å². The number of nitrogens with one attached hydrogen (secondary N) is 1. The average Bonchev–Trinajstić information content (AvgIpc) is 2.43. The highest BCUT2D eigenvalue weighted by Gasteiger charge is 2.25. The fraction of sp³-hybridized carbons (Fsp3) is 0.600. The van der Waals surface area contributed by atoms with Gasteiger partial charge < -0.3 is 9.80 Å². The Kier molecular flexibility index (Phi) is 5.41. The van der Waals surface area contributed by atoms with E-state index in [0.717, 1.165) is 42.2 Å². The van der Waals surface area contributed by atoms with Crippen LogP contribution in [0.1, 0.15) is 23.6 Å². The summed E-state index contributed by atoms with van der Waals surface area (Å²) in [7, 11) is 4.36. The van der Waals surface area contributed by atoms with Crippen LogP contribution in [0.15, 0.2) is 18.2 Å². The van der Waals surface area contributed by atoms with Crippen molar-refractivity contribution in [3.8, 4) is 0 Å². The van der Waals surface area contributed by atoms with E-state index < -0.39 is 0 Å². The minimum Gasteiger partial charge on any atom is -0.304 e. The molecular formula is C15H25ClN4. The zero-order valence-corrected chi connectivity index (χ0v) is 13.3. The number of halogens is 1. The fourth-order valence-corrected chi connectivity index (χ4v) is 2.94. The summed E-state index contributed by atoms with van der Waals surface area (Å²) in [6.07, 6.45) is 0.983. The van der Waals surface area contributed by atoms with Gasteiger partial charge in [-0.05, 0) is 44.6 Å². The summed E-state index contributed by atoms with van der Waals surface area (Å²) in [5, 5.41) is 0.803. The summed E-state index contributed by atoms with van der Waals surface area (Å²) >= 11 is 6.22. The zero-order valence-electron chi connectivity index (χ0n) is 12.6. The van der Waals surface area contributed by atoms with Crippen LogP contribution < -0.4 is 11.3 Å². The maximum atomic E-state index is 6.22. The predicted octanol–water partition coefficient (Wildman–Crippen LogP) is 1.79. The third kappa shape index (κ3) is 3.71. The fourth-order valence-electron chi connectivity index (χ4n) is 2.75. The second-order valence-electron chi connectivity index (χ2n) is 5.86. The topological polar surface area (TPSA) is 44.5 Å². The van der Waals surface area contributed by atoms with E-state index in [1.807, 2.05) is 13.0 Å². The number of benzene rings is 1. The quantitative estimate of drug-likeness (QED) is 0.657. The van der Waals surface area contributed by atoms with Crippen molar-refractivity contribution in [3.63, 3.8) is 0 Å². The van der Waals surface area contributed by atoms with Gasteiger partial charge in [0.25, 0.3) is 0 Å². The highest BCUT2D eigenvalue weighted by Crippen LogP contribution is 2.25. The van der Waals surface area contributed by atoms with E-state index >= 15 is 0 Å². The van der Waals surface area contributed by atoms with E-state index in [1.165, 1.54) is 0 Å². The lowest BCUT2D eigenvalue weighted by Gasteiger charge is -2.39. The van der Waals surface area contributed by atoms with Crippen LogP contribution in [-0.4, -0.2) is 49.6 Å². The van der Waals surface area contributed by atoms with Crippen LogP contribution in [0.2, 0.25) is 5.02 Å². The number of hydrazine groups is 1. The van der Waals surface area contributed by atoms with Crippen molar-refractivity contribution in [3.05, 3.63) is 34.3 Å². The van der Waals surface area contributed by atoms with E-state index in [-0.39, 0.29) is 6.04 Å². The van der Waals surface area contributed by atoms with Crippen molar-refractivity contribution in [1.82, 2.24) is 15.2 Å². The number of hydrogen-bond acceptors (Lipinski definition) is 4. The van der Waals surface area contributed by atoms with E-state index in [9.17, 15) is 0 Å². The second kappa shape index (κ2) is 6.87. The van der Waals surface area contributed by atoms with Gasteiger partial charge >= 0.3 is 0 Å². The third-order valence-electron chi connectivity index (χ3n) is 4.29. The van der Waals surface area contributed by atoms with Gasteiger partial charge in [0.1, 0.15) is 0 Å². The summed E-state index contributed by atoms with van der Waals surface area (Å²) in [6.45, 7) is 5.33. The van der Waals surface area contributed by atoms with Crippen LogP contribution in [-0.2, 0) is 0 Å². The summed E-state index contributed by atoms with van der Waals surface area (Å²) in [6, 6.07) is 6.83. The van der Waals surface area contributed by atoms with Crippen molar-refractivity contribution >= 4 is 11.6 Å². The van der Waals surface area contributed by atoms with Crippen molar-refractivity contribution in [2.75, 3.05) is 33.7 Å². The maximum absolute atomic E-state index is 6.22. The third-order valence-corrected chi connectivity index (χ3v) is 4.69. The first kappa shape index (κ1) is 15.7. The van der Waals surface area contributed by atoms with Crippen LogP contribution in [0, 0.1) is 6.92 Å². The molecule has 20 heavy (non-hydrogen) atoms. The van der Waals surface area contributed by atoms with Crippen LogP contribution >= 0.6 is 11.6 Å². The molecule has 0 spiro atoms. The van der Waals surface area contributed by atoms with Gasteiger partial charge in [0.15, 0.2) is 0 Å². The van der Waals surface area contributed by atoms with Crippen LogP contribution in [0.5, 0.6) is 0 Å². The monoisotopic (exact) mass is 296 g/mol. The Morgan fingerprint density at radius 3 is 2.80 bits per heavy atom. The van der Waals surface area contributed by atoms with Gasteiger partial charge in [-0.2, -0.15) is 0 Å². The molecule has 0 bridgehead atoms. The van der Waals surface area contributed by atoms with Crippen molar-refractivity contribution in [2.45, 2.75) is 25.4 Å². The molecule has 1 fully saturated rings. The van der Waals surface area contributed by atoms with E-state index in [0.29, 0.717) is 6.04 Å². The largest absolute Gasteiger partial charge is 0.304 e. The molecule has 2 unspecified atom stereocenters. The molecule has 1 aliphatic heterocycles. The second-order valence-corrected chi connectivity index (χ2v) is 6.27. The minimum absolute atomic E-state index is 0.132. The molecule has 1 heterocycles. The van der Waals surface area contributed by atoms with Gasteiger partial charge in [0.05, 0.1) is 0 Å². The van der Waals surface area contributed by atoms with Crippen LogP contribution in [0.25, 0.3) is 0 Å². The van der Waals surface area contributed by atoms with Crippen LogP contribution in [0.4, 0.5) is 0 Å². The number of hydrogen-bond donors (Lipinski definition) is 2. The lowest BCUT2D eigenvalue weighted by atomic mass is 9.97. The Balaban J connectivity index is 2.09. The molecular weight excluding hydrogens is 272 g/mol. The molecule has 1 aliphatic rings. The van der Waals surface area contributed by atoms with Gasteiger partial charge in [-0.3, -0.25) is 11.3 Å². The Morgan fingerprint density at radius 2 is 2.15 bits per heavy atom. The highest BCUT2D eigenvalue weighted by molar-refractivity contribution is 6.31. The number of nitrogens with zero attached hydrogens (tertiary/aromatic N) is 2. The van der Waals surface area contributed by atoms with E-state index in [2.05, 4.69) is 41.5 Å². The molecule has 0 aromatic heterocycles. The Bertz CT molecular complexity index is 451. The van der Waals surface area contributed by atoms with E-state index in [1.54, 1.807) is 0 Å². The molecule has 1 aromatic rings. The number of aryl methyl sites for hydroxylation is 1. The van der Waals surface area contributed by atoms with Crippen LogP contribution in [0.3, 0.4) is 0 Å². The zero-order chi connectivity index (χ0) is 14.7. The molecule has 2 atom stereocenters. The van der Waals surface area contributed by atoms with Crippen molar-refractivity contribution < 1.29 is 0 Å². The maximum Gasteiger partial charge on any atom is 0.0475 e. The van der Waals surface area contributed by atoms with Gasteiger partial charge in [0.2, 0.25) is 0 Å². The average molecular weight is 297 g/mol. The predicted molar refractivity (Wildman–Crippen MR) is 84.8 cm³/mol. The molecule has 1 saturated heterocycles. The molecule has 5 heteroatoms. The molecule has 3 N–H and O–H groups in total. The molecule has 0 aliphatic carbocycles. The molecule has 1 aromatic carbocycles. The molecule has 112 valence electrons. The van der Waals surface area contributed by atoms with Gasteiger partial charge in [0, 0.05) is 36.7 Å². The first-order valence-electron chi connectivity index (χ1n) is 7.12. The summed E-state index contributed by atoms with van der Waals surface area (Å²) < 4.78 is 0. The Morgan fingerprint density at radius 1 is 1.40 bits per heavy atom. The number of rotatable bonds is 4. The molecule has 2 rings (SSSR count). The van der Waals surface area contributed by atoms with Gasteiger partial charge in [-0.15, -0.1) is 0 Å². The van der Waals surface area contributed by atoms with Crippen molar-refractivity contribution in [2.24, 2.45) is 5.84 Å². The molecule has 4 nitrogen and oxygen atoms in total. The first-order chi connectivity index (χ1) is 9.51. The number of piperazine rings is 1. The van der Waals surface area contributed by atoms with Crippen molar-refractivity contribution in [1.29, 1.82) is 0 Å². The molecule has 0 radical (unpaired) electrons. The molecule has 0 amide bonds. The Hall–Kier alpha value is -0.650. The minimum atomic E-state index is 0.132. The lowest BCUT2D eigenvalue weighted by Crippen LogP contribution is -2.51. The highest BCUT2D eigenvalue weighted by atomic mass is 35.5. The lowest BCUT2D eigenvalue weighted by molar-refractivity contribution is 0.101. The number of nitrogens with two attached hydrogens (primary N) is 1. The van der Waals surface area contributed by atoms with Gasteiger partial charge in [-0.25, -0.2) is 0 Å². The summed E-state index contributed by atoms with van der Waals surface area (Å²) in [4.78, 5) is 4.79.